The molecule has 1 heterocycles. The summed E-state index contributed by atoms with van der Waals surface area (Å²) < 4.78 is 32.3. The zero-order valence-corrected chi connectivity index (χ0v) is 15.7. The Hall–Kier alpha value is -3.48. The number of nitrogens with one attached hydrogen (secondary N) is 3. The van der Waals surface area contributed by atoms with E-state index in [1.165, 1.54) is 31.4 Å². The Kier molecular flexibility index (Phi) is 5.54. The highest BCUT2D eigenvalue weighted by atomic mass is 19.1. The average molecular weight is 382 g/mol. The molecule has 0 aliphatic heterocycles. The molecule has 0 radical (unpaired) electrons. The third kappa shape index (κ3) is 3.93. The molecule has 144 valence electrons. The third-order valence-electron chi connectivity index (χ3n) is 4.22. The maximum Gasteiger partial charge on any atom is 0.167 e. The first-order valence-corrected chi connectivity index (χ1v) is 8.57. The standard InChI is InChI=1S/C21H20F2N4O/c1-12(24)20-18(25-2)11-17(13-4-6-14(22)7-5-13)27-21(20)26-15-8-9-19(28-3)16(23)10-15/h4-11,24H,1-3H3,(H2,25,26,27). The lowest BCUT2D eigenvalue weighted by atomic mass is 10.1. The Bertz CT molecular complexity index is 1020. The lowest BCUT2D eigenvalue weighted by Gasteiger charge is -2.17. The Labute approximate surface area is 161 Å². The number of aromatic nitrogens is 1. The fourth-order valence-electron chi connectivity index (χ4n) is 2.86. The van der Waals surface area contributed by atoms with Crippen molar-refractivity contribution in [3.63, 3.8) is 0 Å². The minimum Gasteiger partial charge on any atom is -0.494 e. The van der Waals surface area contributed by atoms with Gasteiger partial charge in [-0.25, -0.2) is 13.8 Å². The highest BCUT2D eigenvalue weighted by molar-refractivity contribution is 6.06. The number of hydrogen-bond donors (Lipinski definition) is 3. The molecule has 5 nitrogen and oxygen atoms in total. The van der Waals surface area contributed by atoms with Crippen LogP contribution in [0, 0.1) is 17.0 Å². The van der Waals surface area contributed by atoms with E-state index in [2.05, 4.69) is 15.6 Å². The summed E-state index contributed by atoms with van der Waals surface area (Å²) in [6.45, 7) is 1.65. The molecule has 0 saturated carbocycles. The molecule has 0 fully saturated rings. The Morgan fingerprint density at radius 3 is 2.36 bits per heavy atom. The molecule has 0 aliphatic rings. The molecule has 0 aliphatic carbocycles. The first-order chi connectivity index (χ1) is 13.4. The summed E-state index contributed by atoms with van der Waals surface area (Å²) in [5.74, 6) is -0.318. The van der Waals surface area contributed by atoms with Crippen LogP contribution >= 0.6 is 0 Å². The Morgan fingerprint density at radius 1 is 1.07 bits per heavy atom. The van der Waals surface area contributed by atoms with Gasteiger partial charge in [-0.1, -0.05) is 0 Å². The van der Waals surface area contributed by atoms with Crippen molar-refractivity contribution in [2.24, 2.45) is 0 Å². The second-order valence-electron chi connectivity index (χ2n) is 6.13. The summed E-state index contributed by atoms with van der Waals surface area (Å²) in [5.41, 5.74) is 3.30. The van der Waals surface area contributed by atoms with Crippen LogP contribution in [0.4, 0.5) is 26.0 Å². The highest BCUT2D eigenvalue weighted by Crippen LogP contribution is 2.32. The van der Waals surface area contributed by atoms with E-state index in [9.17, 15) is 8.78 Å². The maximum absolute atomic E-state index is 14.1. The largest absolute Gasteiger partial charge is 0.494 e. The van der Waals surface area contributed by atoms with Crippen molar-refractivity contribution >= 4 is 22.9 Å². The van der Waals surface area contributed by atoms with Gasteiger partial charge in [-0.15, -0.1) is 0 Å². The number of ether oxygens (including phenoxy) is 1. The molecular formula is C21H20F2N4O. The summed E-state index contributed by atoms with van der Waals surface area (Å²) in [6, 6.07) is 12.2. The van der Waals surface area contributed by atoms with Crippen LogP contribution in [0.1, 0.15) is 12.5 Å². The van der Waals surface area contributed by atoms with Gasteiger partial charge in [0.1, 0.15) is 11.6 Å². The molecule has 0 amide bonds. The van der Waals surface area contributed by atoms with Crippen LogP contribution in [0.25, 0.3) is 11.3 Å². The SMILES string of the molecule is CNc1cc(-c2ccc(F)cc2)nc(Nc2ccc(OC)c(F)c2)c1C(C)=N. The first kappa shape index (κ1) is 19.3. The normalized spacial score (nSPS) is 10.5. The van der Waals surface area contributed by atoms with Gasteiger partial charge in [0.25, 0.3) is 0 Å². The lowest BCUT2D eigenvalue weighted by molar-refractivity contribution is 0.386. The van der Waals surface area contributed by atoms with Crippen LogP contribution in [0.5, 0.6) is 5.75 Å². The summed E-state index contributed by atoms with van der Waals surface area (Å²) in [6.07, 6.45) is 0. The van der Waals surface area contributed by atoms with Crippen LogP contribution < -0.4 is 15.4 Å². The van der Waals surface area contributed by atoms with E-state index in [4.69, 9.17) is 10.1 Å². The van der Waals surface area contributed by atoms with Gasteiger partial charge in [0.2, 0.25) is 0 Å². The highest BCUT2D eigenvalue weighted by Gasteiger charge is 2.16. The number of halogens is 2. The van der Waals surface area contributed by atoms with Crippen molar-refractivity contribution in [3.8, 4) is 17.0 Å². The van der Waals surface area contributed by atoms with Gasteiger partial charge < -0.3 is 20.8 Å². The van der Waals surface area contributed by atoms with Crippen molar-refractivity contribution in [1.82, 2.24) is 4.98 Å². The number of pyridine rings is 1. The zero-order chi connectivity index (χ0) is 20.3. The minimum absolute atomic E-state index is 0.137. The smallest absolute Gasteiger partial charge is 0.167 e. The van der Waals surface area contributed by atoms with E-state index in [-0.39, 0.29) is 11.6 Å². The maximum atomic E-state index is 14.1. The molecule has 0 unspecified atom stereocenters. The quantitative estimate of drug-likeness (QED) is 0.512. The molecule has 0 atom stereocenters. The van der Waals surface area contributed by atoms with Crippen molar-refractivity contribution in [2.45, 2.75) is 6.92 Å². The molecule has 0 bridgehead atoms. The van der Waals surface area contributed by atoms with E-state index in [1.807, 2.05) is 0 Å². The number of rotatable bonds is 6. The van der Waals surface area contributed by atoms with Gasteiger partial charge in [-0.05, 0) is 49.4 Å². The molecule has 1 aromatic heterocycles. The van der Waals surface area contributed by atoms with E-state index < -0.39 is 5.82 Å². The van der Waals surface area contributed by atoms with Gasteiger partial charge in [0.15, 0.2) is 11.6 Å². The number of hydrogen-bond acceptors (Lipinski definition) is 5. The predicted octanol–water partition coefficient (Wildman–Crippen LogP) is 5.21. The van der Waals surface area contributed by atoms with E-state index in [0.717, 1.165) is 5.56 Å². The molecule has 0 spiro atoms. The number of benzene rings is 2. The van der Waals surface area contributed by atoms with Crippen molar-refractivity contribution in [2.75, 3.05) is 24.8 Å². The molecule has 7 heteroatoms. The molecule has 2 aromatic carbocycles. The molecular weight excluding hydrogens is 362 g/mol. The van der Waals surface area contributed by atoms with Crippen molar-refractivity contribution in [1.29, 1.82) is 5.41 Å². The van der Waals surface area contributed by atoms with Gasteiger partial charge in [0.05, 0.1) is 18.4 Å². The van der Waals surface area contributed by atoms with Crippen molar-refractivity contribution in [3.05, 3.63) is 65.7 Å². The average Bonchev–Trinajstić information content (AvgIpc) is 2.67. The van der Waals surface area contributed by atoms with Crippen LogP contribution in [0.2, 0.25) is 0 Å². The first-order valence-electron chi connectivity index (χ1n) is 8.57. The molecule has 3 rings (SSSR count). The van der Waals surface area contributed by atoms with Crippen LogP contribution in [-0.2, 0) is 0 Å². The molecule has 28 heavy (non-hydrogen) atoms. The van der Waals surface area contributed by atoms with Gasteiger partial charge >= 0.3 is 0 Å². The fourth-order valence-corrected chi connectivity index (χ4v) is 2.86. The third-order valence-corrected chi connectivity index (χ3v) is 4.22. The van der Waals surface area contributed by atoms with Gasteiger partial charge in [-0.3, -0.25) is 0 Å². The van der Waals surface area contributed by atoms with E-state index in [0.29, 0.717) is 34.2 Å². The fraction of sp³-hybridized carbons (Fsp3) is 0.143. The number of methoxy groups -OCH3 is 1. The number of nitrogens with zero attached hydrogens (tertiary/aromatic N) is 1. The van der Waals surface area contributed by atoms with Crippen LogP contribution in [0.3, 0.4) is 0 Å². The van der Waals surface area contributed by atoms with Crippen molar-refractivity contribution < 1.29 is 13.5 Å². The summed E-state index contributed by atoms with van der Waals surface area (Å²) in [5, 5.41) is 14.3. The second-order valence-corrected chi connectivity index (χ2v) is 6.13. The minimum atomic E-state index is -0.510. The summed E-state index contributed by atoms with van der Waals surface area (Å²) >= 11 is 0. The van der Waals surface area contributed by atoms with E-state index >= 15 is 0 Å². The molecule has 3 aromatic rings. The van der Waals surface area contributed by atoms with Gasteiger partial charge in [0, 0.05) is 35.8 Å². The Balaban J connectivity index is 2.11. The molecule has 3 N–H and O–H groups in total. The summed E-state index contributed by atoms with van der Waals surface area (Å²) in [7, 11) is 3.14. The van der Waals surface area contributed by atoms with Crippen LogP contribution in [0.15, 0.2) is 48.5 Å². The number of anilines is 3. The lowest BCUT2D eigenvalue weighted by Crippen LogP contribution is -2.08. The second kappa shape index (κ2) is 8.04. The summed E-state index contributed by atoms with van der Waals surface area (Å²) in [4.78, 5) is 4.60. The predicted molar refractivity (Wildman–Crippen MR) is 108 cm³/mol. The van der Waals surface area contributed by atoms with E-state index in [1.54, 1.807) is 38.2 Å². The monoisotopic (exact) mass is 382 g/mol. The molecule has 0 saturated heterocycles. The zero-order valence-electron chi connectivity index (χ0n) is 15.7. The Morgan fingerprint density at radius 2 is 1.79 bits per heavy atom. The van der Waals surface area contributed by atoms with Crippen LogP contribution in [-0.4, -0.2) is 24.9 Å². The topological polar surface area (TPSA) is 70.0 Å². The van der Waals surface area contributed by atoms with Gasteiger partial charge in [-0.2, -0.15) is 0 Å².